The van der Waals surface area contributed by atoms with Crippen LogP contribution < -0.4 is 5.32 Å². The third kappa shape index (κ3) is 2.74. The Labute approximate surface area is 119 Å². The summed E-state index contributed by atoms with van der Waals surface area (Å²) in [6.07, 6.45) is 1.28. The van der Waals surface area contributed by atoms with Crippen molar-refractivity contribution in [3.8, 4) is 0 Å². The van der Waals surface area contributed by atoms with Gasteiger partial charge in [0, 0.05) is 10.7 Å². The van der Waals surface area contributed by atoms with Crippen LogP contribution in [0.25, 0.3) is 0 Å². The Morgan fingerprint density at radius 1 is 1.25 bits per heavy atom. The van der Waals surface area contributed by atoms with Crippen molar-refractivity contribution in [1.29, 1.82) is 0 Å². The fraction of sp³-hybridized carbons (Fsp3) is 0. The number of halogens is 4. The van der Waals surface area contributed by atoms with Crippen molar-refractivity contribution in [1.82, 2.24) is 4.98 Å². The van der Waals surface area contributed by atoms with Crippen LogP contribution in [-0.4, -0.2) is 16.1 Å². The number of hydrogen-bond donors (Lipinski definition) is 2. The zero-order valence-corrected chi connectivity index (χ0v) is 11.2. The Morgan fingerprint density at radius 2 is 1.95 bits per heavy atom. The molecule has 0 unspecified atom stereocenters. The number of hydrogen-bond acceptors (Lipinski definition) is 3. The highest BCUT2D eigenvalue weighted by Gasteiger charge is 2.17. The average molecular weight is 347 g/mol. The van der Waals surface area contributed by atoms with Crippen LogP contribution >= 0.6 is 15.9 Å². The second-order valence-corrected chi connectivity index (χ2v) is 4.62. The summed E-state index contributed by atoms with van der Waals surface area (Å²) in [6.45, 7) is 0. The number of aromatic nitrogens is 1. The van der Waals surface area contributed by atoms with Crippen LogP contribution in [0.2, 0.25) is 0 Å². The fourth-order valence-corrected chi connectivity index (χ4v) is 1.78. The first-order valence-electron chi connectivity index (χ1n) is 5.19. The Bertz CT molecular complexity index is 695. The molecular formula is C12H6BrF3N2O2. The van der Waals surface area contributed by atoms with Gasteiger partial charge in [0.2, 0.25) is 0 Å². The fourth-order valence-electron chi connectivity index (χ4n) is 1.45. The molecule has 0 saturated carbocycles. The summed E-state index contributed by atoms with van der Waals surface area (Å²) >= 11 is 3.05. The third-order valence-electron chi connectivity index (χ3n) is 2.37. The van der Waals surface area contributed by atoms with Gasteiger partial charge in [-0.05, 0) is 34.1 Å². The molecule has 1 aromatic carbocycles. The molecule has 8 heteroatoms. The first-order valence-corrected chi connectivity index (χ1v) is 5.99. The van der Waals surface area contributed by atoms with Gasteiger partial charge in [0.05, 0.1) is 5.69 Å². The molecule has 0 radical (unpaired) electrons. The van der Waals surface area contributed by atoms with Crippen LogP contribution in [0.3, 0.4) is 0 Å². The molecule has 0 atom stereocenters. The molecule has 0 spiro atoms. The highest BCUT2D eigenvalue weighted by atomic mass is 79.9. The first kappa shape index (κ1) is 14.3. The van der Waals surface area contributed by atoms with E-state index in [1.165, 1.54) is 12.3 Å². The molecule has 4 nitrogen and oxygen atoms in total. The standard InChI is InChI=1S/C12H6BrF3N2O2/c13-5-3-6(12(19)20)11(17-4-5)18-8-2-1-7(14)9(15)10(8)16/h1-4H,(H,17,18)(H,19,20). The van der Waals surface area contributed by atoms with Crippen molar-refractivity contribution in [3.05, 3.63) is 51.9 Å². The number of anilines is 2. The van der Waals surface area contributed by atoms with Gasteiger partial charge in [0.25, 0.3) is 0 Å². The summed E-state index contributed by atoms with van der Waals surface area (Å²) in [6, 6.07) is 2.92. The molecule has 0 bridgehead atoms. The van der Waals surface area contributed by atoms with Gasteiger partial charge >= 0.3 is 5.97 Å². The molecule has 0 saturated heterocycles. The molecule has 0 fully saturated rings. The molecule has 0 aliphatic rings. The second kappa shape index (κ2) is 5.49. The molecule has 0 aliphatic carbocycles. The van der Waals surface area contributed by atoms with Crippen LogP contribution in [-0.2, 0) is 0 Å². The summed E-state index contributed by atoms with van der Waals surface area (Å²) in [7, 11) is 0. The molecule has 104 valence electrons. The van der Waals surface area contributed by atoms with Crippen molar-refractivity contribution < 1.29 is 23.1 Å². The van der Waals surface area contributed by atoms with E-state index in [-0.39, 0.29) is 11.4 Å². The lowest BCUT2D eigenvalue weighted by molar-refractivity contribution is 0.0697. The van der Waals surface area contributed by atoms with Crippen LogP contribution in [0.4, 0.5) is 24.7 Å². The maximum atomic E-state index is 13.5. The number of nitrogens with one attached hydrogen (secondary N) is 1. The number of carboxylic acids is 1. The number of nitrogens with zero attached hydrogens (tertiary/aromatic N) is 1. The summed E-state index contributed by atoms with van der Waals surface area (Å²) in [4.78, 5) is 14.8. The van der Waals surface area contributed by atoms with E-state index >= 15 is 0 Å². The van der Waals surface area contributed by atoms with Crippen LogP contribution in [0, 0.1) is 17.5 Å². The average Bonchev–Trinajstić information content (AvgIpc) is 2.41. The van der Waals surface area contributed by atoms with E-state index in [9.17, 15) is 18.0 Å². The number of aromatic carboxylic acids is 1. The van der Waals surface area contributed by atoms with Crippen molar-refractivity contribution in [2.24, 2.45) is 0 Å². The predicted molar refractivity (Wildman–Crippen MR) is 68.5 cm³/mol. The number of benzene rings is 1. The normalized spacial score (nSPS) is 10.4. The zero-order valence-electron chi connectivity index (χ0n) is 9.62. The molecule has 2 rings (SSSR count). The van der Waals surface area contributed by atoms with E-state index in [2.05, 4.69) is 26.2 Å². The van der Waals surface area contributed by atoms with E-state index in [0.29, 0.717) is 4.47 Å². The van der Waals surface area contributed by atoms with Gasteiger partial charge < -0.3 is 10.4 Å². The quantitative estimate of drug-likeness (QED) is 0.831. The largest absolute Gasteiger partial charge is 0.478 e. The predicted octanol–water partition coefficient (Wildman–Crippen LogP) is 3.70. The summed E-state index contributed by atoms with van der Waals surface area (Å²) < 4.78 is 39.8. The molecule has 20 heavy (non-hydrogen) atoms. The van der Waals surface area contributed by atoms with Gasteiger partial charge in [0.15, 0.2) is 17.5 Å². The second-order valence-electron chi connectivity index (χ2n) is 3.70. The van der Waals surface area contributed by atoms with Gasteiger partial charge in [-0.25, -0.2) is 22.9 Å². The third-order valence-corrected chi connectivity index (χ3v) is 2.81. The summed E-state index contributed by atoms with van der Waals surface area (Å²) in [5, 5.41) is 11.3. The SMILES string of the molecule is O=C(O)c1cc(Br)cnc1Nc1ccc(F)c(F)c1F. The molecule has 1 aromatic heterocycles. The van der Waals surface area contributed by atoms with Crippen LogP contribution in [0.15, 0.2) is 28.9 Å². The first-order chi connectivity index (χ1) is 9.40. The maximum Gasteiger partial charge on any atom is 0.339 e. The van der Waals surface area contributed by atoms with Crippen molar-refractivity contribution in [2.45, 2.75) is 0 Å². The van der Waals surface area contributed by atoms with Crippen molar-refractivity contribution >= 4 is 33.4 Å². The number of carboxylic acid groups (broad SMARTS) is 1. The van der Waals surface area contributed by atoms with E-state index < -0.39 is 29.1 Å². The minimum absolute atomic E-state index is 0.189. The topological polar surface area (TPSA) is 62.2 Å². The lowest BCUT2D eigenvalue weighted by atomic mass is 10.2. The smallest absolute Gasteiger partial charge is 0.339 e. The van der Waals surface area contributed by atoms with Gasteiger partial charge in [-0.2, -0.15) is 0 Å². The number of carbonyl (C=O) groups is 1. The molecule has 2 aromatic rings. The number of pyridine rings is 1. The molecule has 0 aliphatic heterocycles. The molecule has 2 N–H and O–H groups in total. The summed E-state index contributed by atoms with van der Waals surface area (Å²) in [5.74, 6) is -5.93. The lowest BCUT2D eigenvalue weighted by Gasteiger charge is -2.10. The Hall–Kier alpha value is -2.09. The molecule has 0 amide bonds. The maximum absolute atomic E-state index is 13.5. The van der Waals surface area contributed by atoms with Gasteiger partial charge in [-0.1, -0.05) is 0 Å². The van der Waals surface area contributed by atoms with E-state index in [1.807, 2.05) is 0 Å². The van der Waals surface area contributed by atoms with Gasteiger partial charge in [-0.3, -0.25) is 0 Å². The highest BCUT2D eigenvalue weighted by molar-refractivity contribution is 9.10. The summed E-state index contributed by atoms with van der Waals surface area (Å²) in [5.41, 5.74) is -0.662. The Balaban J connectivity index is 2.45. The zero-order chi connectivity index (χ0) is 14.9. The van der Waals surface area contributed by atoms with E-state index in [4.69, 9.17) is 5.11 Å². The van der Waals surface area contributed by atoms with Crippen molar-refractivity contribution in [3.63, 3.8) is 0 Å². The highest BCUT2D eigenvalue weighted by Crippen LogP contribution is 2.25. The Kier molecular flexibility index (Phi) is 3.93. The minimum Gasteiger partial charge on any atom is -0.478 e. The minimum atomic E-state index is -1.65. The molecule has 1 heterocycles. The monoisotopic (exact) mass is 346 g/mol. The lowest BCUT2D eigenvalue weighted by Crippen LogP contribution is -2.06. The van der Waals surface area contributed by atoms with Crippen LogP contribution in [0.5, 0.6) is 0 Å². The van der Waals surface area contributed by atoms with Gasteiger partial charge in [-0.15, -0.1) is 0 Å². The van der Waals surface area contributed by atoms with E-state index in [1.54, 1.807) is 0 Å². The van der Waals surface area contributed by atoms with Gasteiger partial charge in [0.1, 0.15) is 11.4 Å². The van der Waals surface area contributed by atoms with Crippen molar-refractivity contribution in [2.75, 3.05) is 5.32 Å². The molecular weight excluding hydrogens is 341 g/mol. The van der Waals surface area contributed by atoms with Crippen LogP contribution in [0.1, 0.15) is 10.4 Å². The van der Waals surface area contributed by atoms with E-state index in [0.717, 1.165) is 12.1 Å². The Morgan fingerprint density at radius 3 is 2.60 bits per heavy atom. The number of rotatable bonds is 3.